The van der Waals surface area contributed by atoms with E-state index >= 15 is 0 Å². The van der Waals surface area contributed by atoms with Gasteiger partial charge in [-0.25, -0.2) is 8.42 Å². The molecule has 2 rings (SSSR count). The van der Waals surface area contributed by atoms with Crippen LogP contribution < -0.4 is 4.74 Å². The smallest absolute Gasteiger partial charge is 0.257 e. The van der Waals surface area contributed by atoms with E-state index in [-0.39, 0.29) is 23.5 Å². The molecule has 0 bridgehead atoms. The van der Waals surface area contributed by atoms with Crippen molar-refractivity contribution in [2.75, 3.05) is 25.7 Å². The number of carbonyl (C=O) groups excluding carboxylic acids is 1. The lowest BCUT2D eigenvalue weighted by Crippen LogP contribution is -2.38. The summed E-state index contributed by atoms with van der Waals surface area (Å²) < 4.78 is 28.5. The van der Waals surface area contributed by atoms with Crippen molar-refractivity contribution < 1.29 is 17.9 Å². The van der Waals surface area contributed by atoms with Crippen LogP contribution in [0.3, 0.4) is 0 Å². The van der Waals surface area contributed by atoms with Crippen LogP contribution in [0.4, 0.5) is 0 Å². The highest BCUT2D eigenvalue weighted by Crippen LogP contribution is 2.27. The standard InChI is InChI=1S/C15H21NO4S/c1-10-7-11(2)14(20-4)13(8-10)15(17)16(3)12-5-6-21(18,19)9-12/h7-8,12H,5-6,9H2,1-4H3. The number of benzene rings is 1. The van der Waals surface area contributed by atoms with Gasteiger partial charge in [0.15, 0.2) is 9.84 Å². The zero-order chi connectivity index (χ0) is 15.8. The average Bonchev–Trinajstić information content (AvgIpc) is 2.76. The Morgan fingerprint density at radius 1 is 1.33 bits per heavy atom. The minimum atomic E-state index is -3.01. The topological polar surface area (TPSA) is 63.7 Å². The lowest BCUT2D eigenvalue weighted by molar-refractivity contribution is 0.0744. The minimum absolute atomic E-state index is 0.0440. The fourth-order valence-electron chi connectivity index (χ4n) is 2.82. The fraction of sp³-hybridized carbons (Fsp3) is 0.533. The third-order valence-corrected chi connectivity index (χ3v) is 5.68. The quantitative estimate of drug-likeness (QED) is 0.850. The van der Waals surface area contributed by atoms with Gasteiger partial charge >= 0.3 is 0 Å². The normalized spacial score (nSPS) is 20.3. The molecule has 1 amide bonds. The van der Waals surface area contributed by atoms with Gasteiger partial charge in [0.2, 0.25) is 0 Å². The van der Waals surface area contributed by atoms with Crippen molar-refractivity contribution in [3.63, 3.8) is 0 Å². The molecule has 1 aromatic rings. The van der Waals surface area contributed by atoms with E-state index in [2.05, 4.69) is 0 Å². The molecule has 0 spiro atoms. The minimum Gasteiger partial charge on any atom is -0.496 e. The number of sulfone groups is 1. The molecule has 1 saturated heterocycles. The first-order chi connectivity index (χ1) is 9.75. The van der Waals surface area contributed by atoms with Crippen molar-refractivity contribution in [1.29, 1.82) is 0 Å². The number of hydrogen-bond donors (Lipinski definition) is 0. The van der Waals surface area contributed by atoms with Crippen LogP contribution >= 0.6 is 0 Å². The first-order valence-electron chi connectivity index (χ1n) is 6.88. The second kappa shape index (κ2) is 5.67. The number of methoxy groups -OCH3 is 1. The van der Waals surface area contributed by atoms with Crippen LogP contribution in [0.2, 0.25) is 0 Å². The molecule has 5 nitrogen and oxygen atoms in total. The molecule has 116 valence electrons. The molecule has 0 radical (unpaired) electrons. The summed E-state index contributed by atoms with van der Waals surface area (Å²) in [5, 5.41) is 0. The van der Waals surface area contributed by atoms with Crippen LogP contribution in [0, 0.1) is 13.8 Å². The predicted molar refractivity (Wildman–Crippen MR) is 81.6 cm³/mol. The monoisotopic (exact) mass is 311 g/mol. The van der Waals surface area contributed by atoms with Gasteiger partial charge in [-0.1, -0.05) is 6.07 Å². The van der Waals surface area contributed by atoms with E-state index in [0.29, 0.717) is 17.7 Å². The molecule has 0 saturated carbocycles. The summed E-state index contributed by atoms with van der Waals surface area (Å²) in [5.41, 5.74) is 2.36. The van der Waals surface area contributed by atoms with Crippen molar-refractivity contribution in [3.05, 3.63) is 28.8 Å². The van der Waals surface area contributed by atoms with Crippen molar-refractivity contribution >= 4 is 15.7 Å². The fourth-order valence-corrected chi connectivity index (χ4v) is 4.60. The van der Waals surface area contributed by atoms with Crippen LogP contribution in [0.5, 0.6) is 5.75 Å². The molecular formula is C15H21NO4S. The molecule has 21 heavy (non-hydrogen) atoms. The van der Waals surface area contributed by atoms with Crippen molar-refractivity contribution in [3.8, 4) is 5.75 Å². The maximum Gasteiger partial charge on any atom is 0.257 e. The van der Waals surface area contributed by atoms with Crippen LogP contribution in [0.15, 0.2) is 12.1 Å². The third kappa shape index (κ3) is 3.20. The summed E-state index contributed by atoms with van der Waals surface area (Å²) in [6.07, 6.45) is 0.498. The Labute approximate surface area is 125 Å². The Morgan fingerprint density at radius 2 is 2.00 bits per heavy atom. The predicted octanol–water partition coefficient (Wildman–Crippen LogP) is 1.57. The summed E-state index contributed by atoms with van der Waals surface area (Å²) in [5.74, 6) is 0.556. The number of amides is 1. The Bertz CT molecular complexity index is 666. The number of ether oxygens (including phenoxy) is 1. The van der Waals surface area contributed by atoms with E-state index in [1.165, 1.54) is 12.0 Å². The van der Waals surface area contributed by atoms with E-state index in [9.17, 15) is 13.2 Å². The summed E-state index contributed by atoms with van der Waals surface area (Å²) in [4.78, 5) is 14.2. The average molecular weight is 311 g/mol. The van der Waals surface area contributed by atoms with Gasteiger partial charge in [-0.15, -0.1) is 0 Å². The molecule has 6 heteroatoms. The van der Waals surface area contributed by atoms with Crippen LogP contribution in [0.1, 0.15) is 27.9 Å². The molecule has 1 heterocycles. The Hall–Kier alpha value is -1.56. The highest BCUT2D eigenvalue weighted by atomic mass is 32.2. The summed E-state index contributed by atoms with van der Waals surface area (Å²) in [7, 11) is 0.181. The Balaban J connectivity index is 2.32. The number of nitrogens with zero attached hydrogens (tertiary/aromatic N) is 1. The second-order valence-corrected chi connectivity index (χ2v) is 7.86. The molecule has 1 aliphatic heterocycles. The Morgan fingerprint density at radius 3 is 2.52 bits per heavy atom. The van der Waals surface area contributed by atoms with Gasteiger partial charge in [-0.05, 0) is 37.5 Å². The van der Waals surface area contributed by atoms with Gasteiger partial charge in [0.05, 0.1) is 24.2 Å². The van der Waals surface area contributed by atoms with E-state index < -0.39 is 9.84 Å². The third-order valence-electron chi connectivity index (χ3n) is 3.93. The molecule has 0 aliphatic carbocycles. The van der Waals surface area contributed by atoms with Gasteiger partial charge in [0, 0.05) is 13.1 Å². The molecule has 1 unspecified atom stereocenters. The zero-order valence-corrected chi connectivity index (χ0v) is 13.7. The van der Waals surface area contributed by atoms with Gasteiger partial charge in [-0.3, -0.25) is 4.79 Å². The van der Waals surface area contributed by atoms with Crippen LogP contribution in [-0.2, 0) is 9.84 Å². The molecular weight excluding hydrogens is 290 g/mol. The molecule has 0 aromatic heterocycles. The number of hydrogen-bond acceptors (Lipinski definition) is 4. The summed E-state index contributed by atoms with van der Waals surface area (Å²) >= 11 is 0. The molecule has 1 fully saturated rings. The van der Waals surface area contributed by atoms with Gasteiger partial charge in [0.25, 0.3) is 5.91 Å². The zero-order valence-electron chi connectivity index (χ0n) is 12.8. The largest absolute Gasteiger partial charge is 0.496 e. The number of rotatable bonds is 3. The van der Waals surface area contributed by atoms with E-state index in [0.717, 1.165) is 11.1 Å². The highest BCUT2D eigenvalue weighted by molar-refractivity contribution is 7.91. The first-order valence-corrected chi connectivity index (χ1v) is 8.70. The first kappa shape index (κ1) is 15.8. The molecule has 0 N–H and O–H groups in total. The molecule has 1 aromatic carbocycles. The lowest BCUT2D eigenvalue weighted by Gasteiger charge is -2.25. The van der Waals surface area contributed by atoms with Crippen LogP contribution in [0.25, 0.3) is 0 Å². The van der Waals surface area contributed by atoms with E-state index in [1.54, 1.807) is 13.1 Å². The summed E-state index contributed by atoms with van der Waals surface area (Å²) in [6, 6.07) is 3.48. The maximum absolute atomic E-state index is 12.7. The van der Waals surface area contributed by atoms with E-state index in [1.807, 2.05) is 19.9 Å². The molecule has 1 atom stereocenters. The van der Waals surface area contributed by atoms with Crippen molar-refractivity contribution in [2.24, 2.45) is 0 Å². The number of aryl methyl sites for hydroxylation is 2. The van der Waals surface area contributed by atoms with Gasteiger partial charge in [0.1, 0.15) is 5.75 Å². The SMILES string of the molecule is COc1c(C)cc(C)cc1C(=O)N(C)C1CCS(=O)(=O)C1. The lowest BCUT2D eigenvalue weighted by atomic mass is 10.0. The molecule has 1 aliphatic rings. The van der Waals surface area contributed by atoms with E-state index in [4.69, 9.17) is 4.74 Å². The van der Waals surface area contributed by atoms with Crippen molar-refractivity contribution in [2.45, 2.75) is 26.3 Å². The maximum atomic E-state index is 12.7. The van der Waals surface area contributed by atoms with Crippen LogP contribution in [-0.4, -0.2) is 50.9 Å². The van der Waals surface area contributed by atoms with Crippen molar-refractivity contribution in [1.82, 2.24) is 4.90 Å². The van der Waals surface area contributed by atoms with Gasteiger partial charge in [-0.2, -0.15) is 0 Å². The summed E-state index contributed by atoms with van der Waals surface area (Å²) in [6.45, 7) is 3.81. The Kier molecular flexibility index (Phi) is 4.27. The van der Waals surface area contributed by atoms with Gasteiger partial charge < -0.3 is 9.64 Å². The number of carbonyl (C=O) groups is 1. The highest BCUT2D eigenvalue weighted by Gasteiger charge is 2.33. The second-order valence-electron chi connectivity index (χ2n) is 5.64.